The fourth-order valence-electron chi connectivity index (χ4n) is 1.63. The van der Waals surface area contributed by atoms with Gasteiger partial charge in [-0.1, -0.05) is 13.0 Å². The summed E-state index contributed by atoms with van der Waals surface area (Å²) in [6.07, 6.45) is 1.15. The molecule has 5 heteroatoms. The zero-order valence-corrected chi connectivity index (χ0v) is 10.4. The van der Waals surface area contributed by atoms with Crippen LogP contribution in [0.4, 0.5) is 8.78 Å². The van der Waals surface area contributed by atoms with E-state index in [-0.39, 0.29) is 11.8 Å². The Morgan fingerprint density at radius 3 is 2.67 bits per heavy atom. The third kappa shape index (κ3) is 4.07. The Labute approximate surface area is 105 Å². The van der Waals surface area contributed by atoms with Gasteiger partial charge in [-0.05, 0) is 30.5 Å². The van der Waals surface area contributed by atoms with Crippen LogP contribution in [0.15, 0.2) is 18.2 Å². The van der Waals surface area contributed by atoms with Gasteiger partial charge in [0.15, 0.2) is 11.6 Å². The largest absolute Gasteiger partial charge is 0.355 e. The summed E-state index contributed by atoms with van der Waals surface area (Å²) in [7, 11) is 0. The highest BCUT2D eigenvalue weighted by atomic mass is 19.2. The molecular formula is C13H18F2N2O. The third-order valence-electron chi connectivity index (χ3n) is 2.85. The van der Waals surface area contributed by atoms with E-state index in [1.54, 1.807) is 0 Å². The third-order valence-corrected chi connectivity index (χ3v) is 2.85. The van der Waals surface area contributed by atoms with Crippen molar-refractivity contribution in [1.82, 2.24) is 5.32 Å². The fraction of sp³-hybridized carbons (Fsp3) is 0.462. The molecule has 3 N–H and O–H groups in total. The number of amides is 1. The van der Waals surface area contributed by atoms with Gasteiger partial charge in [0.25, 0.3) is 0 Å². The van der Waals surface area contributed by atoms with Crippen LogP contribution >= 0.6 is 0 Å². The van der Waals surface area contributed by atoms with Crippen molar-refractivity contribution < 1.29 is 13.6 Å². The lowest BCUT2D eigenvalue weighted by atomic mass is 10.1. The Bertz CT molecular complexity index is 406. The number of carbonyl (C=O) groups excluding carboxylic acids is 1. The zero-order chi connectivity index (χ0) is 13.5. The molecule has 0 radical (unpaired) electrons. The van der Waals surface area contributed by atoms with Crippen LogP contribution in [0, 0.1) is 17.6 Å². The van der Waals surface area contributed by atoms with Crippen LogP contribution in [-0.2, 0) is 11.2 Å². The lowest BCUT2D eigenvalue weighted by Gasteiger charge is -2.12. The highest BCUT2D eigenvalue weighted by Crippen LogP contribution is 2.09. The van der Waals surface area contributed by atoms with Crippen LogP contribution in [0.3, 0.4) is 0 Å². The Hall–Kier alpha value is -1.49. The Balaban J connectivity index is 2.41. The van der Waals surface area contributed by atoms with Crippen LogP contribution in [0.25, 0.3) is 0 Å². The van der Waals surface area contributed by atoms with Gasteiger partial charge in [0.05, 0.1) is 0 Å². The lowest BCUT2D eigenvalue weighted by molar-refractivity contribution is -0.124. The quantitative estimate of drug-likeness (QED) is 0.812. The molecule has 0 aromatic heterocycles. The van der Waals surface area contributed by atoms with E-state index in [2.05, 4.69) is 5.32 Å². The molecule has 0 saturated carbocycles. The Kier molecular flexibility index (Phi) is 5.71. The van der Waals surface area contributed by atoms with Crippen LogP contribution in [0.1, 0.15) is 18.9 Å². The van der Waals surface area contributed by atoms with Crippen molar-refractivity contribution in [2.45, 2.75) is 19.8 Å². The molecule has 0 aliphatic carbocycles. The molecule has 1 rings (SSSR count). The zero-order valence-electron chi connectivity index (χ0n) is 10.4. The summed E-state index contributed by atoms with van der Waals surface area (Å²) in [5.74, 6) is -2.01. The summed E-state index contributed by atoms with van der Waals surface area (Å²) in [5.41, 5.74) is 6.10. The smallest absolute Gasteiger partial charge is 0.224 e. The second-order valence-electron chi connectivity index (χ2n) is 4.13. The second kappa shape index (κ2) is 7.06. The second-order valence-corrected chi connectivity index (χ2v) is 4.13. The monoisotopic (exact) mass is 256 g/mol. The topological polar surface area (TPSA) is 55.1 Å². The molecule has 18 heavy (non-hydrogen) atoms. The highest BCUT2D eigenvalue weighted by Gasteiger charge is 2.13. The van der Waals surface area contributed by atoms with Crippen LogP contribution in [0.2, 0.25) is 0 Å². The molecule has 0 saturated heterocycles. The highest BCUT2D eigenvalue weighted by molar-refractivity contribution is 5.78. The Morgan fingerprint density at radius 1 is 1.39 bits per heavy atom. The van der Waals surface area contributed by atoms with E-state index in [0.717, 1.165) is 12.1 Å². The molecule has 0 heterocycles. The van der Waals surface area contributed by atoms with Crippen molar-refractivity contribution in [3.05, 3.63) is 35.4 Å². The van der Waals surface area contributed by atoms with Crippen molar-refractivity contribution in [3.8, 4) is 0 Å². The fourth-order valence-corrected chi connectivity index (χ4v) is 1.63. The number of hydrogen-bond donors (Lipinski definition) is 2. The maximum absolute atomic E-state index is 12.9. The molecule has 0 aliphatic rings. The number of benzene rings is 1. The molecule has 0 aliphatic heterocycles. The first-order chi connectivity index (χ1) is 8.58. The molecule has 1 aromatic carbocycles. The summed E-state index contributed by atoms with van der Waals surface area (Å²) in [4.78, 5) is 11.6. The summed E-state index contributed by atoms with van der Waals surface area (Å²) < 4.78 is 25.6. The molecule has 1 amide bonds. The van der Waals surface area contributed by atoms with E-state index in [9.17, 15) is 13.6 Å². The average molecular weight is 256 g/mol. The summed E-state index contributed by atoms with van der Waals surface area (Å²) in [5, 5.41) is 2.73. The maximum Gasteiger partial charge on any atom is 0.224 e. The number of hydrogen-bond acceptors (Lipinski definition) is 2. The number of nitrogens with two attached hydrogens (primary N) is 1. The minimum atomic E-state index is -0.868. The standard InChI is InChI=1S/C13H18F2N2O/c1-2-10(8-16)13(18)17-6-5-9-3-4-11(14)12(15)7-9/h3-4,7,10H,2,5-6,8,16H2,1H3,(H,17,18). The summed E-state index contributed by atoms with van der Waals surface area (Å²) >= 11 is 0. The number of carbonyl (C=O) groups is 1. The lowest BCUT2D eigenvalue weighted by Crippen LogP contribution is -2.35. The van der Waals surface area contributed by atoms with Crippen LogP contribution in [0.5, 0.6) is 0 Å². The molecule has 0 bridgehead atoms. The SMILES string of the molecule is CCC(CN)C(=O)NCCc1ccc(F)c(F)c1. The predicted octanol–water partition coefficient (Wildman–Crippen LogP) is 1.61. The molecule has 1 unspecified atom stereocenters. The molecule has 100 valence electrons. The molecule has 0 spiro atoms. The van der Waals surface area contributed by atoms with Crippen LogP contribution in [-0.4, -0.2) is 19.0 Å². The average Bonchev–Trinajstić information content (AvgIpc) is 2.35. The van der Waals surface area contributed by atoms with Crippen molar-refractivity contribution >= 4 is 5.91 Å². The number of rotatable bonds is 6. The van der Waals surface area contributed by atoms with Gasteiger partial charge in [0.1, 0.15) is 0 Å². The molecule has 1 aromatic rings. The van der Waals surface area contributed by atoms with Gasteiger partial charge in [0.2, 0.25) is 5.91 Å². The minimum Gasteiger partial charge on any atom is -0.355 e. The van der Waals surface area contributed by atoms with E-state index in [0.29, 0.717) is 31.5 Å². The Morgan fingerprint density at radius 2 is 2.11 bits per heavy atom. The van der Waals surface area contributed by atoms with Crippen molar-refractivity contribution in [2.24, 2.45) is 11.7 Å². The molecular weight excluding hydrogens is 238 g/mol. The van der Waals surface area contributed by atoms with E-state index < -0.39 is 11.6 Å². The van der Waals surface area contributed by atoms with E-state index in [4.69, 9.17) is 5.73 Å². The normalized spacial score (nSPS) is 12.2. The molecule has 0 fully saturated rings. The summed E-state index contributed by atoms with van der Waals surface area (Å²) in [6, 6.07) is 3.73. The van der Waals surface area contributed by atoms with Gasteiger partial charge in [-0.15, -0.1) is 0 Å². The first-order valence-corrected chi connectivity index (χ1v) is 6.00. The maximum atomic E-state index is 12.9. The first-order valence-electron chi connectivity index (χ1n) is 6.00. The van der Waals surface area contributed by atoms with E-state index in [1.165, 1.54) is 6.07 Å². The van der Waals surface area contributed by atoms with E-state index >= 15 is 0 Å². The predicted molar refractivity (Wildman–Crippen MR) is 65.9 cm³/mol. The van der Waals surface area contributed by atoms with Gasteiger partial charge in [-0.3, -0.25) is 4.79 Å². The molecule has 1 atom stereocenters. The van der Waals surface area contributed by atoms with Crippen molar-refractivity contribution in [2.75, 3.05) is 13.1 Å². The number of nitrogens with one attached hydrogen (secondary N) is 1. The first kappa shape index (κ1) is 14.6. The molecule has 3 nitrogen and oxygen atoms in total. The van der Waals surface area contributed by atoms with Gasteiger partial charge in [0, 0.05) is 19.0 Å². The van der Waals surface area contributed by atoms with Gasteiger partial charge in [-0.2, -0.15) is 0 Å². The van der Waals surface area contributed by atoms with Crippen molar-refractivity contribution in [3.63, 3.8) is 0 Å². The number of halogens is 2. The van der Waals surface area contributed by atoms with Crippen LogP contribution < -0.4 is 11.1 Å². The van der Waals surface area contributed by atoms with E-state index in [1.807, 2.05) is 6.92 Å². The van der Waals surface area contributed by atoms with Gasteiger partial charge in [-0.25, -0.2) is 8.78 Å². The van der Waals surface area contributed by atoms with Gasteiger partial charge < -0.3 is 11.1 Å². The summed E-state index contributed by atoms with van der Waals surface area (Å²) in [6.45, 7) is 2.60. The van der Waals surface area contributed by atoms with Gasteiger partial charge >= 0.3 is 0 Å². The van der Waals surface area contributed by atoms with Crippen molar-refractivity contribution in [1.29, 1.82) is 0 Å². The minimum absolute atomic E-state index is 0.0948.